The molecule has 294 valence electrons. The number of hydrogen-bond acceptors (Lipinski definition) is 13. The van der Waals surface area contributed by atoms with E-state index in [9.17, 15) is 28.0 Å². The number of ether oxygens (including phenoxy) is 4. The van der Waals surface area contributed by atoms with Crippen LogP contribution in [0.2, 0.25) is 0 Å². The molecule has 15 nitrogen and oxygen atoms in total. The van der Waals surface area contributed by atoms with Gasteiger partial charge in [0.1, 0.15) is 34.8 Å². The Hall–Kier alpha value is -5.16. The largest absolute Gasteiger partial charge is 0.490 e. The molecule has 1 aliphatic carbocycles. The summed E-state index contributed by atoms with van der Waals surface area (Å²) in [6.45, 7) is 13.9. The van der Waals surface area contributed by atoms with Gasteiger partial charge in [-0.15, -0.1) is 10.2 Å². The molecule has 1 atom stereocenters. The highest BCUT2D eigenvalue weighted by atomic mass is 19.3. The third-order valence-electron chi connectivity index (χ3n) is 7.41. The topological polar surface area (TPSA) is 187 Å². The third-order valence-corrected chi connectivity index (χ3v) is 7.41. The van der Waals surface area contributed by atoms with Gasteiger partial charge < -0.3 is 24.3 Å². The Kier molecular flexibility index (Phi) is 12.1. The van der Waals surface area contributed by atoms with Crippen molar-refractivity contribution >= 4 is 29.6 Å². The minimum absolute atomic E-state index is 0.0794. The van der Waals surface area contributed by atoms with Gasteiger partial charge in [-0.25, -0.2) is 22.6 Å². The number of anilines is 1. The second kappa shape index (κ2) is 15.7. The molecule has 0 radical (unpaired) electrons. The van der Waals surface area contributed by atoms with E-state index in [0.29, 0.717) is 0 Å². The SMILES string of the molecule is CC(C)(C)OC(=O)c1cn(CC(F)CC(C(=O)OC(C)(C)C)(C(=O)OC(C)(C)C)c2ccc(NC(=O)Cc3cc(OC4CC(F)(F)C4)ccn3)nn2)nn1. The van der Waals surface area contributed by atoms with Gasteiger partial charge in [-0.2, -0.15) is 5.10 Å². The van der Waals surface area contributed by atoms with Crippen LogP contribution >= 0.6 is 0 Å². The smallest absolute Gasteiger partial charge is 0.361 e. The molecule has 1 amide bonds. The van der Waals surface area contributed by atoms with Crippen molar-refractivity contribution in [2.45, 2.75) is 135 Å². The summed E-state index contributed by atoms with van der Waals surface area (Å²) in [6.07, 6.45) is -1.96. The van der Waals surface area contributed by atoms with Crippen molar-refractivity contribution < 1.29 is 51.3 Å². The summed E-state index contributed by atoms with van der Waals surface area (Å²) in [5, 5.41) is 18.2. The Balaban J connectivity index is 1.58. The lowest BCUT2D eigenvalue weighted by molar-refractivity contribution is -0.179. The van der Waals surface area contributed by atoms with Crippen molar-refractivity contribution in [1.82, 2.24) is 30.2 Å². The van der Waals surface area contributed by atoms with Crippen molar-refractivity contribution in [1.29, 1.82) is 0 Å². The van der Waals surface area contributed by atoms with Crippen LogP contribution in [0.15, 0.2) is 36.7 Å². The monoisotopic (exact) mass is 761 g/mol. The fourth-order valence-electron chi connectivity index (χ4n) is 5.19. The Morgan fingerprint density at radius 2 is 1.50 bits per heavy atom. The number of carbonyl (C=O) groups excluding carboxylic acids is 4. The summed E-state index contributed by atoms with van der Waals surface area (Å²) in [5.41, 5.74) is -5.80. The van der Waals surface area contributed by atoms with Crippen LogP contribution in [0.1, 0.15) is 103 Å². The predicted octanol–water partition coefficient (Wildman–Crippen LogP) is 5.13. The van der Waals surface area contributed by atoms with Crippen LogP contribution in [0, 0.1) is 0 Å². The summed E-state index contributed by atoms with van der Waals surface area (Å²) < 4.78 is 65.8. The third kappa shape index (κ3) is 11.7. The van der Waals surface area contributed by atoms with Gasteiger partial charge in [0.15, 0.2) is 11.5 Å². The lowest BCUT2D eigenvalue weighted by Gasteiger charge is -2.35. The maximum absolute atomic E-state index is 16.2. The van der Waals surface area contributed by atoms with Crippen LogP contribution in [0.3, 0.4) is 0 Å². The highest BCUT2D eigenvalue weighted by Crippen LogP contribution is 2.40. The lowest BCUT2D eigenvalue weighted by atomic mass is 9.78. The van der Waals surface area contributed by atoms with Crippen molar-refractivity contribution in [2.75, 3.05) is 5.32 Å². The highest BCUT2D eigenvalue weighted by Gasteiger charge is 2.56. The van der Waals surface area contributed by atoms with E-state index in [1.165, 1.54) is 36.7 Å². The molecule has 0 bridgehead atoms. The molecule has 1 saturated carbocycles. The number of halogens is 3. The Morgan fingerprint density at radius 1 is 0.889 bits per heavy atom. The highest BCUT2D eigenvalue weighted by molar-refractivity contribution is 6.06. The summed E-state index contributed by atoms with van der Waals surface area (Å²) in [7, 11) is 0. The zero-order chi connectivity index (χ0) is 40.3. The van der Waals surface area contributed by atoms with E-state index in [1.807, 2.05) is 0 Å². The minimum Gasteiger partial charge on any atom is -0.490 e. The van der Waals surface area contributed by atoms with Crippen LogP contribution in [0.5, 0.6) is 5.75 Å². The molecule has 18 heteroatoms. The lowest BCUT2D eigenvalue weighted by Crippen LogP contribution is -2.52. The van der Waals surface area contributed by atoms with Crippen molar-refractivity contribution in [2.24, 2.45) is 0 Å². The zero-order valence-corrected chi connectivity index (χ0v) is 31.7. The number of amides is 1. The standard InChI is InChI=1S/C36H46F3N7O8/c1-32(2,3)52-29(48)25-20-46(45-42-25)19-21(37)16-36(30(49)53-33(4,5)6,31(50)54-34(7,8)9)26-10-11-27(44-43-26)41-28(47)15-22-14-23(12-13-40-22)51-24-17-35(38,39)18-24/h10-14,20-21,24H,15-19H2,1-9H3,(H,41,44,47). The number of pyridine rings is 1. The normalized spacial score (nSPS) is 15.4. The predicted molar refractivity (Wildman–Crippen MR) is 185 cm³/mol. The molecule has 4 rings (SSSR count). The Labute approximate surface area is 310 Å². The molecule has 3 aromatic heterocycles. The van der Waals surface area contributed by atoms with Crippen LogP contribution < -0.4 is 10.1 Å². The number of aromatic nitrogens is 6. The van der Waals surface area contributed by atoms with Gasteiger partial charge in [0.2, 0.25) is 11.3 Å². The first kappa shape index (κ1) is 41.6. The first-order chi connectivity index (χ1) is 24.8. The maximum Gasteiger partial charge on any atom is 0.361 e. The molecular formula is C36H46F3N7O8. The van der Waals surface area contributed by atoms with E-state index in [-0.39, 0.29) is 35.1 Å². The average Bonchev–Trinajstić information content (AvgIpc) is 3.45. The van der Waals surface area contributed by atoms with Gasteiger partial charge in [0.25, 0.3) is 5.92 Å². The van der Waals surface area contributed by atoms with E-state index >= 15 is 4.39 Å². The number of esters is 3. The molecule has 0 aliphatic heterocycles. The molecule has 0 aromatic carbocycles. The van der Waals surface area contributed by atoms with Gasteiger partial charge in [-0.1, -0.05) is 5.21 Å². The van der Waals surface area contributed by atoms with E-state index in [4.69, 9.17) is 18.9 Å². The number of nitrogens with zero attached hydrogens (tertiary/aromatic N) is 6. The second-order valence-corrected chi connectivity index (χ2v) is 16.1. The molecular weight excluding hydrogens is 715 g/mol. The molecule has 1 aliphatic rings. The number of hydrogen-bond donors (Lipinski definition) is 1. The second-order valence-electron chi connectivity index (χ2n) is 16.1. The van der Waals surface area contributed by atoms with Crippen molar-refractivity contribution in [3.05, 3.63) is 53.7 Å². The first-order valence-electron chi connectivity index (χ1n) is 17.2. The number of rotatable bonds is 13. The van der Waals surface area contributed by atoms with Gasteiger partial charge in [-0.05, 0) is 80.5 Å². The fraction of sp³-hybridized carbons (Fsp3) is 0.583. The maximum atomic E-state index is 16.2. The summed E-state index contributed by atoms with van der Waals surface area (Å²) in [4.78, 5) is 57.6. The van der Waals surface area contributed by atoms with Crippen LogP contribution in [-0.4, -0.2) is 89.0 Å². The average molecular weight is 762 g/mol. The summed E-state index contributed by atoms with van der Waals surface area (Å²) in [5.74, 6) is -6.22. The number of alkyl halides is 3. The zero-order valence-electron chi connectivity index (χ0n) is 31.7. The van der Waals surface area contributed by atoms with Crippen LogP contribution in [-0.2, 0) is 47.0 Å². The number of nitrogens with one attached hydrogen (secondary N) is 1. The van der Waals surface area contributed by atoms with Gasteiger partial charge in [-0.3, -0.25) is 19.4 Å². The number of carbonyl (C=O) groups is 4. The van der Waals surface area contributed by atoms with E-state index in [2.05, 4.69) is 30.8 Å². The van der Waals surface area contributed by atoms with Crippen molar-refractivity contribution in [3.8, 4) is 5.75 Å². The van der Waals surface area contributed by atoms with Gasteiger partial charge >= 0.3 is 17.9 Å². The molecule has 0 saturated heterocycles. The molecule has 0 spiro atoms. The Bertz CT molecular complexity index is 1800. The van der Waals surface area contributed by atoms with Crippen LogP contribution in [0.25, 0.3) is 0 Å². The first-order valence-corrected chi connectivity index (χ1v) is 17.2. The van der Waals surface area contributed by atoms with Gasteiger partial charge in [0, 0.05) is 31.5 Å². The van der Waals surface area contributed by atoms with E-state index < -0.39 is 90.0 Å². The molecule has 54 heavy (non-hydrogen) atoms. The Morgan fingerprint density at radius 3 is 2.04 bits per heavy atom. The molecule has 3 aromatic rings. The molecule has 1 fully saturated rings. The van der Waals surface area contributed by atoms with E-state index in [1.54, 1.807) is 62.3 Å². The van der Waals surface area contributed by atoms with E-state index in [0.717, 1.165) is 4.68 Å². The van der Waals surface area contributed by atoms with Gasteiger partial charge in [0.05, 0.1) is 30.6 Å². The fourth-order valence-corrected chi connectivity index (χ4v) is 5.19. The molecule has 1 N–H and O–H groups in total. The van der Waals surface area contributed by atoms with Crippen molar-refractivity contribution in [3.63, 3.8) is 0 Å². The molecule has 1 unspecified atom stereocenters. The molecule has 3 heterocycles. The quantitative estimate of drug-likeness (QED) is 0.137. The summed E-state index contributed by atoms with van der Waals surface area (Å²) >= 11 is 0. The van der Waals surface area contributed by atoms with Crippen LogP contribution in [0.4, 0.5) is 19.0 Å². The minimum atomic E-state index is -2.75. The summed E-state index contributed by atoms with van der Waals surface area (Å²) in [6, 6.07) is 5.45.